The standard InChI is InChI=1S/C20H31FN4O2.HI/c1-3-22-20(23-9-4-5-11-27-13-12-26-2)24-10-8-16-15-25-19-14-17(21)6-7-18(16)19;/h6-7,14-15,25H,3-5,8-13H2,1-2H3,(H2,22,23,24);1H. The molecule has 1 aromatic carbocycles. The van der Waals surface area contributed by atoms with Crippen LogP contribution < -0.4 is 10.6 Å². The third kappa shape index (κ3) is 8.74. The number of methoxy groups -OCH3 is 1. The number of nitrogens with one attached hydrogen (secondary N) is 3. The van der Waals surface area contributed by atoms with Crippen molar-refractivity contribution in [1.82, 2.24) is 15.6 Å². The molecule has 28 heavy (non-hydrogen) atoms. The van der Waals surface area contributed by atoms with Gasteiger partial charge in [0.25, 0.3) is 0 Å². The van der Waals surface area contributed by atoms with Gasteiger partial charge >= 0.3 is 0 Å². The fourth-order valence-electron chi connectivity index (χ4n) is 2.77. The van der Waals surface area contributed by atoms with E-state index in [1.54, 1.807) is 7.11 Å². The number of benzene rings is 1. The summed E-state index contributed by atoms with van der Waals surface area (Å²) in [7, 11) is 1.67. The molecule has 0 aliphatic heterocycles. The van der Waals surface area contributed by atoms with Crippen LogP contribution in [0, 0.1) is 5.82 Å². The van der Waals surface area contributed by atoms with E-state index in [0.29, 0.717) is 13.2 Å². The summed E-state index contributed by atoms with van der Waals surface area (Å²) < 4.78 is 23.7. The van der Waals surface area contributed by atoms with Crippen LogP contribution in [0.2, 0.25) is 0 Å². The van der Waals surface area contributed by atoms with Crippen LogP contribution in [0.15, 0.2) is 29.4 Å². The highest BCUT2D eigenvalue weighted by Gasteiger charge is 2.05. The van der Waals surface area contributed by atoms with Crippen molar-refractivity contribution in [3.8, 4) is 0 Å². The number of fused-ring (bicyclic) bond motifs is 1. The summed E-state index contributed by atoms with van der Waals surface area (Å²) in [4.78, 5) is 7.72. The molecule has 6 nitrogen and oxygen atoms in total. The largest absolute Gasteiger partial charge is 0.382 e. The van der Waals surface area contributed by atoms with Gasteiger partial charge in [0.05, 0.1) is 13.2 Å². The second kappa shape index (κ2) is 14.6. The normalized spacial score (nSPS) is 11.5. The lowest BCUT2D eigenvalue weighted by Crippen LogP contribution is -2.38. The minimum Gasteiger partial charge on any atom is -0.382 e. The van der Waals surface area contributed by atoms with Crippen LogP contribution in [0.3, 0.4) is 0 Å². The minimum absolute atomic E-state index is 0. The number of rotatable bonds is 12. The number of aromatic amines is 1. The number of nitrogens with zero attached hydrogens (tertiary/aromatic N) is 1. The number of aromatic nitrogens is 1. The van der Waals surface area contributed by atoms with Crippen LogP contribution in [-0.2, 0) is 15.9 Å². The van der Waals surface area contributed by atoms with Gasteiger partial charge in [-0.15, -0.1) is 24.0 Å². The summed E-state index contributed by atoms with van der Waals surface area (Å²) >= 11 is 0. The van der Waals surface area contributed by atoms with E-state index in [4.69, 9.17) is 9.47 Å². The maximum Gasteiger partial charge on any atom is 0.191 e. The van der Waals surface area contributed by atoms with Gasteiger partial charge in [0.2, 0.25) is 0 Å². The number of ether oxygens (including phenoxy) is 2. The molecule has 158 valence electrons. The van der Waals surface area contributed by atoms with Gasteiger partial charge in [-0.3, -0.25) is 4.99 Å². The van der Waals surface area contributed by atoms with Crippen LogP contribution >= 0.6 is 24.0 Å². The van der Waals surface area contributed by atoms with Gasteiger partial charge < -0.3 is 25.1 Å². The second-order valence-corrected chi connectivity index (χ2v) is 6.25. The topological polar surface area (TPSA) is 70.7 Å². The van der Waals surface area contributed by atoms with Crippen LogP contribution in [-0.4, -0.2) is 57.5 Å². The third-order valence-electron chi connectivity index (χ3n) is 4.16. The molecule has 0 aliphatic rings. The van der Waals surface area contributed by atoms with Gasteiger partial charge in [0, 0.05) is 50.5 Å². The molecule has 0 unspecified atom stereocenters. The van der Waals surface area contributed by atoms with Crippen molar-refractivity contribution in [2.45, 2.75) is 26.2 Å². The van der Waals surface area contributed by atoms with Gasteiger partial charge in [0.1, 0.15) is 5.82 Å². The Labute approximate surface area is 183 Å². The molecule has 0 aliphatic carbocycles. The average molecular weight is 506 g/mol. The van der Waals surface area contributed by atoms with E-state index < -0.39 is 0 Å². The first-order chi connectivity index (χ1) is 13.2. The molecule has 0 saturated heterocycles. The molecule has 0 saturated carbocycles. The molecule has 1 aromatic heterocycles. The lowest BCUT2D eigenvalue weighted by Gasteiger charge is -2.11. The van der Waals surface area contributed by atoms with Crippen molar-refractivity contribution in [2.75, 3.05) is 46.6 Å². The first-order valence-electron chi connectivity index (χ1n) is 9.59. The Kier molecular flexibility index (Phi) is 12.8. The van der Waals surface area contributed by atoms with Gasteiger partial charge in [-0.05, 0) is 49.9 Å². The zero-order valence-electron chi connectivity index (χ0n) is 16.7. The number of guanidine groups is 1. The summed E-state index contributed by atoms with van der Waals surface area (Å²) in [6.45, 7) is 6.41. The first kappa shape index (κ1) is 24.6. The zero-order chi connectivity index (χ0) is 19.3. The van der Waals surface area contributed by atoms with Gasteiger partial charge in [0.15, 0.2) is 5.96 Å². The van der Waals surface area contributed by atoms with Crippen LogP contribution in [0.1, 0.15) is 25.3 Å². The molecule has 2 aromatic rings. The average Bonchev–Trinajstić information content (AvgIpc) is 3.06. The van der Waals surface area contributed by atoms with Crippen molar-refractivity contribution in [1.29, 1.82) is 0 Å². The predicted octanol–water partition coefficient (Wildman–Crippen LogP) is 3.47. The number of hydrogen-bond acceptors (Lipinski definition) is 3. The Morgan fingerprint density at radius 1 is 1.18 bits per heavy atom. The van der Waals surface area contributed by atoms with E-state index in [2.05, 4.69) is 27.5 Å². The molecule has 1 heterocycles. The highest BCUT2D eigenvalue weighted by Crippen LogP contribution is 2.19. The quantitative estimate of drug-likeness (QED) is 0.179. The Balaban J connectivity index is 0.00000392. The molecule has 0 spiro atoms. The van der Waals surface area contributed by atoms with E-state index in [9.17, 15) is 4.39 Å². The Morgan fingerprint density at radius 3 is 2.82 bits per heavy atom. The molecule has 0 radical (unpaired) electrons. The van der Waals surface area contributed by atoms with Crippen molar-refractivity contribution < 1.29 is 13.9 Å². The molecular weight excluding hydrogens is 474 g/mol. The third-order valence-corrected chi connectivity index (χ3v) is 4.16. The number of unbranched alkanes of at least 4 members (excludes halogenated alkanes) is 1. The number of aliphatic imine (C=N–C) groups is 1. The molecule has 0 amide bonds. The van der Waals surface area contributed by atoms with E-state index in [1.807, 2.05) is 12.3 Å². The summed E-state index contributed by atoms with van der Waals surface area (Å²) in [6, 6.07) is 4.85. The lowest BCUT2D eigenvalue weighted by molar-refractivity contribution is 0.0690. The highest BCUT2D eigenvalue weighted by atomic mass is 127. The smallest absolute Gasteiger partial charge is 0.191 e. The monoisotopic (exact) mass is 506 g/mol. The lowest BCUT2D eigenvalue weighted by atomic mass is 10.1. The van der Waals surface area contributed by atoms with Crippen molar-refractivity contribution in [2.24, 2.45) is 4.99 Å². The number of hydrogen-bond donors (Lipinski definition) is 3. The van der Waals surface area contributed by atoms with Crippen LogP contribution in [0.4, 0.5) is 4.39 Å². The van der Waals surface area contributed by atoms with Crippen LogP contribution in [0.25, 0.3) is 10.9 Å². The fourth-order valence-corrected chi connectivity index (χ4v) is 2.77. The maximum absolute atomic E-state index is 13.3. The summed E-state index contributed by atoms with van der Waals surface area (Å²) in [5, 5.41) is 7.68. The Bertz CT molecular complexity index is 709. The van der Waals surface area contributed by atoms with Gasteiger partial charge in [-0.1, -0.05) is 0 Å². The number of H-pyrrole nitrogens is 1. The first-order valence-corrected chi connectivity index (χ1v) is 9.59. The van der Waals surface area contributed by atoms with Crippen molar-refractivity contribution >= 4 is 40.8 Å². The van der Waals surface area contributed by atoms with E-state index >= 15 is 0 Å². The van der Waals surface area contributed by atoms with E-state index in [1.165, 1.54) is 17.7 Å². The zero-order valence-corrected chi connectivity index (χ0v) is 19.1. The van der Waals surface area contributed by atoms with Crippen LogP contribution in [0.5, 0.6) is 0 Å². The maximum atomic E-state index is 13.3. The van der Waals surface area contributed by atoms with Crippen molar-refractivity contribution in [3.63, 3.8) is 0 Å². The molecule has 0 atom stereocenters. The number of halogens is 2. The SMILES string of the molecule is CCNC(=NCCCCOCCOC)NCCc1c[nH]c2cc(F)ccc12.I. The minimum atomic E-state index is -0.223. The highest BCUT2D eigenvalue weighted by molar-refractivity contribution is 14.0. The van der Waals surface area contributed by atoms with Crippen molar-refractivity contribution in [3.05, 3.63) is 35.8 Å². The summed E-state index contributed by atoms with van der Waals surface area (Å²) in [5.41, 5.74) is 2.00. The summed E-state index contributed by atoms with van der Waals surface area (Å²) in [5.74, 6) is 0.600. The predicted molar refractivity (Wildman–Crippen MR) is 123 cm³/mol. The van der Waals surface area contributed by atoms with Gasteiger partial charge in [-0.25, -0.2) is 4.39 Å². The molecule has 8 heteroatoms. The second-order valence-electron chi connectivity index (χ2n) is 6.25. The van der Waals surface area contributed by atoms with E-state index in [0.717, 1.165) is 62.4 Å². The van der Waals surface area contributed by atoms with E-state index in [-0.39, 0.29) is 29.8 Å². The molecule has 0 fully saturated rings. The summed E-state index contributed by atoms with van der Waals surface area (Å²) in [6.07, 6.45) is 4.75. The Hall–Kier alpha value is -1.39. The molecule has 0 bridgehead atoms. The molecule has 3 N–H and O–H groups in total. The molecule has 2 rings (SSSR count). The molecular formula is C20H32FIN4O2. The fraction of sp³-hybridized carbons (Fsp3) is 0.550. The Morgan fingerprint density at radius 2 is 2.04 bits per heavy atom. The van der Waals surface area contributed by atoms with Gasteiger partial charge in [-0.2, -0.15) is 0 Å².